The zero-order valence-corrected chi connectivity index (χ0v) is 17.0. The van der Waals surface area contributed by atoms with Crippen molar-refractivity contribution in [3.05, 3.63) is 30.0 Å². The third kappa shape index (κ3) is 3.48. The van der Waals surface area contributed by atoms with E-state index in [1.807, 2.05) is 18.2 Å². The summed E-state index contributed by atoms with van der Waals surface area (Å²) < 4.78 is 10.8. The van der Waals surface area contributed by atoms with Crippen LogP contribution < -0.4 is 9.47 Å². The van der Waals surface area contributed by atoms with E-state index in [-0.39, 0.29) is 18.4 Å². The maximum Gasteiger partial charge on any atom is 0.162 e. The second-order valence-corrected chi connectivity index (χ2v) is 7.58. The number of aromatic nitrogens is 1. The summed E-state index contributed by atoms with van der Waals surface area (Å²) in [5.41, 5.74) is 1.75. The molecule has 1 aromatic heterocycles. The highest BCUT2D eigenvalue weighted by molar-refractivity contribution is 5.86. The Morgan fingerprint density at radius 3 is 2.63 bits per heavy atom. The molecule has 0 saturated carbocycles. The molecular formula is C21H29ClN2O3. The lowest BCUT2D eigenvalue weighted by molar-refractivity contribution is -0.0562. The Kier molecular flexibility index (Phi) is 6.14. The van der Waals surface area contributed by atoms with Gasteiger partial charge < -0.3 is 14.6 Å². The Hall–Kier alpha value is -1.56. The first kappa shape index (κ1) is 20.2. The van der Waals surface area contributed by atoms with Crippen LogP contribution in [0.15, 0.2) is 24.4 Å². The number of aliphatic hydroxyl groups is 1. The lowest BCUT2D eigenvalue weighted by Gasteiger charge is -2.51. The predicted octanol–water partition coefficient (Wildman–Crippen LogP) is 3.83. The Labute approximate surface area is 167 Å². The Bertz CT molecular complexity index is 800. The fraction of sp³-hybridized carbons (Fsp3) is 0.571. The van der Waals surface area contributed by atoms with E-state index in [1.54, 1.807) is 20.4 Å². The summed E-state index contributed by atoms with van der Waals surface area (Å²) in [4.78, 5) is 6.96. The van der Waals surface area contributed by atoms with Crippen LogP contribution in [0.2, 0.25) is 0 Å². The maximum absolute atomic E-state index is 11.3. The minimum Gasteiger partial charge on any atom is -0.493 e. The Morgan fingerprint density at radius 1 is 1.26 bits per heavy atom. The first-order valence-corrected chi connectivity index (χ1v) is 9.59. The Balaban J connectivity index is 0.00000210. The molecule has 0 amide bonds. The fourth-order valence-corrected chi connectivity index (χ4v) is 4.93. The van der Waals surface area contributed by atoms with Gasteiger partial charge in [0.25, 0.3) is 0 Å². The quantitative estimate of drug-likeness (QED) is 0.838. The van der Waals surface area contributed by atoms with E-state index >= 15 is 0 Å². The second kappa shape index (κ2) is 8.21. The largest absolute Gasteiger partial charge is 0.493 e. The van der Waals surface area contributed by atoms with Gasteiger partial charge in [-0.1, -0.05) is 13.3 Å². The third-order valence-electron chi connectivity index (χ3n) is 6.42. The second-order valence-electron chi connectivity index (χ2n) is 7.58. The van der Waals surface area contributed by atoms with Crippen molar-refractivity contribution in [3.63, 3.8) is 0 Å². The number of benzene rings is 1. The summed E-state index contributed by atoms with van der Waals surface area (Å²) in [5, 5.41) is 12.2. The molecule has 4 heterocycles. The van der Waals surface area contributed by atoms with E-state index < -0.39 is 6.10 Å². The van der Waals surface area contributed by atoms with Gasteiger partial charge >= 0.3 is 0 Å². The third-order valence-corrected chi connectivity index (χ3v) is 6.42. The zero-order chi connectivity index (χ0) is 18.3. The van der Waals surface area contributed by atoms with Crippen LogP contribution >= 0.6 is 12.4 Å². The number of halogens is 1. The van der Waals surface area contributed by atoms with Crippen LogP contribution in [0.25, 0.3) is 10.9 Å². The normalized spacial score (nSPS) is 27.9. The smallest absolute Gasteiger partial charge is 0.162 e. The van der Waals surface area contributed by atoms with Gasteiger partial charge in [0.15, 0.2) is 11.5 Å². The van der Waals surface area contributed by atoms with E-state index in [2.05, 4.69) is 16.8 Å². The van der Waals surface area contributed by atoms with Gasteiger partial charge in [0.1, 0.15) is 0 Å². The molecule has 2 aromatic rings. The van der Waals surface area contributed by atoms with Gasteiger partial charge in [0, 0.05) is 30.2 Å². The molecule has 0 radical (unpaired) electrons. The van der Waals surface area contributed by atoms with Crippen molar-refractivity contribution in [1.29, 1.82) is 0 Å². The summed E-state index contributed by atoms with van der Waals surface area (Å²) in [6, 6.07) is 5.95. The molecule has 0 spiro atoms. The van der Waals surface area contributed by atoms with Gasteiger partial charge in [0.2, 0.25) is 0 Å². The number of piperidine rings is 3. The van der Waals surface area contributed by atoms with Crippen molar-refractivity contribution in [3.8, 4) is 11.5 Å². The van der Waals surface area contributed by atoms with Crippen molar-refractivity contribution in [2.24, 2.45) is 11.8 Å². The molecule has 3 aliphatic rings. The molecule has 1 unspecified atom stereocenters. The van der Waals surface area contributed by atoms with Gasteiger partial charge in [0.05, 0.1) is 25.8 Å². The standard InChI is InChI=1S/C21H28N2O3.ClH/c1-4-13-12-23-8-6-14(13)9-18(23)21(24)15-5-7-22-17-11-20(26-3)19(25-2)10-16(15)17;/h5,7,10-11,13-14,18,21,24H,4,6,8-9,12H2,1-3H3;1H/t13-,14-,18-,21+;/m0./s1. The van der Waals surface area contributed by atoms with Crippen molar-refractivity contribution < 1.29 is 14.6 Å². The van der Waals surface area contributed by atoms with E-state index in [4.69, 9.17) is 9.47 Å². The molecule has 5 atom stereocenters. The fourth-order valence-electron chi connectivity index (χ4n) is 4.93. The Morgan fingerprint density at radius 2 is 2.00 bits per heavy atom. The van der Waals surface area contributed by atoms with Crippen LogP contribution in [0.4, 0.5) is 0 Å². The number of aliphatic hydroxyl groups excluding tert-OH is 1. The number of rotatable bonds is 5. The topological polar surface area (TPSA) is 54.8 Å². The molecule has 1 N–H and O–H groups in total. The van der Waals surface area contributed by atoms with Crippen LogP contribution in [0, 0.1) is 11.8 Å². The van der Waals surface area contributed by atoms with Crippen LogP contribution in [-0.4, -0.2) is 48.3 Å². The number of hydrogen-bond donors (Lipinski definition) is 1. The average molecular weight is 393 g/mol. The molecule has 0 aliphatic carbocycles. The SMILES string of the molecule is CC[C@H]1CN2CC[C@H]1C[C@H]2[C@H](O)c1ccnc2cc(OC)c(OC)cc12.Cl. The molecule has 2 bridgehead atoms. The van der Waals surface area contributed by atoms with Crippen molar-refractivity contribution >= 4 is 23.3 Å². The number of fused-ring (bicyclic) bond motifs is 4. The van der Waals surface area contributed by atoms with Crippen LogP contribution in [0.3, 0.4) is 0 Å². The summed E-state index contributed by atoms with van der Waals surface area (Å²) in [6.07, 6.45) is 4.84. The van der Waals surface area contributed by atoms with E-state index in [0.717, 1.165) is 47.8 Å². The molecule has 1 aromatic carbocycles. The summed E-state index contributed by atoms with van der Waals surface area (Å²) in [7, 11) is 3.26. The van der Waals surface area contributed by atoms with E-state index in [0.29, 0.717) is 11.5 Å². The first-order chi connectivity index (χ1) is 12.7. The molecule has 5 rings (SSSR count). The summed E-state index contributed by atoms with van der Waals surface area (Å²) in [6.45, 7) is 4.50. The van der Waals surface area contributed by atoms with Crippen LogP contribution in [0.5, 0.6) is 11.5 Å². The van der Waals surface area contributed by atoms with Gasteiger partial charge in [-0.05, 0) is 48.9 Å². The minimum absolute atomic E-state index is 0. The molecule has 27 heavy (non-hydrogen) atoms. The summed E-state index contributed by atoms with van der Waals surface area (Å²) in [5.74, 6) is 2.85. The van der Waals surface area contributed by atoms with Gasteiger partial charge in [-0.3, -0.25) is 9.88 Å². The highest BCUT2D eigenvalue weighted by atomic mass is 35.5. The monoisotopic (exact) mass is 392 g/mol. The number of hydrogen-bond acceptors (Lipinski definition) is 5. The van der Waals surface area contributed by atoms with E-state index in [9.17, 15) is 5.11 Å². The minimum atomic E-state index is -0.515. The highest BCUT2D eigenvalue weighted by Crippen LogP contribution is 2.43. The number of ether oxygens (including phenoxy) is 2. The predicted molar refractivity (Wildman–Crippen MR) is 109 cm³/mol. The number of pyridine rings is 1. The van der Waals surface area contributed by atoms with Gasteiger partial charge in [-0.2, -0.15) is 0 Å². The lowest BCUT2D eigenvalue weighted by Crippen LogP contribution is -2.55. The average Bonchev–Trinajstić information content (AvgIpc) is 2.71. The molecule has 6 heteroatoms. The molecular weight excluding hydrogens is 364 g/mol. The highest BCUT2D eigenvalue weighted by Gasteiger charge is 2.42. The first-order valence-electron chi connectivity index (χ1n) is 9.59. The molecule has 3 fully saturated rings. The van der Waals surface area contributed by atoms with Crippen molar-refractivity contribution in [2.45, 2.75) is 38.3 Å². The zero-order valence-electron chi connectivity index (χ0n) is 16.2. The van der Waals surface area contributed by atoms with Crippen LogP contribution in [-0.2, 0) is 0 Å². The molecule has 3 aliphatic heterocycles. The van der Waals surface area contributed by atoms with Crippen molar-refractivity contribution in [2.75, 3.05) is 27.3 Å². The lowest BCUT2D eigenvalue weighted by atomic mass is 9.72. The molecule has 3 saturated heterocycles. The van der Waals surface area contributed by atoms with Gasteiger partial charge in [-0.25, -0.2) is 0 Å². The molecule has 5 nitrogen and oxygen atoms in total. The summed E-state index contributed by atoms with van der Waals surface area (Å²) >= 11 is 0. The van der Waals surface area contributed by atoms with Gasteiger partial charge in [-0.15, -0.1) is 12.4 Å². The van der Waals surface area contributed by atoms with Crippen LogP contribution in [0.1, 0.15) is 37.9 Å². The van der Waals surface area contributed by atoms with E-state index in [1.165, 1.54) is 12.8 Å². The molecule has 148 valence electrons. The maximum atomic E-state index is 11.3. The number of methoxy groups -OCH3 is 2. The number of nitrogens with zero attached hydrogens (tertiary/aromatic N) is 2. The van der Waals surface area contributed by atoms with Crippen molar-refractivity contribution in [1.82, 2.24) is 9.88 Å².